The second kappa shape index (κ2) is 5.69. The van der Waals surface area contributed by atoms with E-state index in [1.807, 2.05) is 6.92 Å². The molecule has 2 heterocycles. The summed E-state index contributed by atoms with van der Waals surface area (Å²) in [4.78, 5) is 4.07. The smallest absolute Gasteiger partial charge is 0.340 e. The number of rotatable bonds is 3. The van der Waals surface area contributed by atoms with E-state index in [9.17, 15) is 13.2 Å². The SMILES string of the molecule is CCCNC1(C(F)(F)F)c2cc(Cl)ccc2Nc2ncccc21. The minimum atomic E-state index is -4.55. The maximum Gasteiger partial charge on any atom is 0.415 e. The summed E-state index contributed by atoms with van der Waals surface area (Å²) in [6.45, 7) is 2.03. The third-order valence-corrected chi connectivity index (χ3v) is 4.15. The van der Waals surface area contributed by atoms with Crippen LogP contribution in [0.15, 0.2) is 36.5 Å². The van der Waals surface area contributed by atoms with Crippen molar-refractivity contribution in [2.24, 2.45) is 0 Å². The molecule has 3 nitrogen and oxygen atoms in total. The Morgan fingerprint density at radius 1 is 1.26 bits per heavy atom. The third kappa shape index (κ3) is 2.46. The van der Waals surface area contributed by atoms with Gasteiger partial charge in [-0.3, -0.25) is 5.32 Å². The van der Waals surface area contributed by atoms with E-state index in [4.69, 9.17) is 11.6 Å². The molecule has 23 heavy (non-hydrogen) atoms. The molecule has 1 aliphatic rings. The molecule has 1 aromatic heterocycles. The first-order valence-corrected chi connectivity index (χ1v) is 7.62. The molecule has 0 amide bonds. The summed E-state index contributed by atoms with van der Waals surface area (Å²) in [6, 6.07) is 7.40. The molecule has 7 heteroatoms. The zero-order valence-corrected chi connectivity index (χ0v) is 13.1. The maximum atomic E-state index is 14.2. The van der Waals surface area contributed by atoms with Crippen LogP contribution in [0, 0.1) is 0 Å². The van der Waals surface area contributed by atoms with Gasteiger partial charge in [-0.2, -0.15) is 13.2 Å². The first kappa shape index (κ1) is 16.1. The molecule has 0 saturated heterocycles. The fourth-order valence-electron chi connectivity index (χ4n) is 2.92. The first-order chi connectivity index (χ1) is 10.9. The van der Waals surface area contributed by atoms with Gasteiger partial charge in [0.1, 0.15) is 5.82 Å². The molecule has 3 rings (SSSR count). The number of anilines is 2. The molecular formula is C16H15ClF3N3. The monoisotopic (exact) mass is 341 g/mol. The molecule has 0 bridgehead atoms. The van der Waals surface area contributed by atoms with Crippen LogP contribution >= 0.6 is 11.6 Å². The quantitative estimate of drug-likeness (QED) is 0.856. The zero-order valence-electron chi connectivity index (χ0n) is 12.3. The lowest BCUT2D eigenvalue weighted by atomic mass is 9.78. The van der Waals surface area contributed by atoms with Crippen molar-refractivity contribution in [2.45, 2.75) is 25.1 Å². The van der Waals surface area contributed by atoms with Crippen LogP contribution in [-0.4, -0.2) is 17.7 Å². The van der Waals surface area contributed by atoms with Crippen molar-refractivity contribution in [1.82, 2.24) is 10.3 Å². The van der Waals surface area contributed by atoms with Crippen molar-refractivity contribution < 1.29 is 13.2 Å². The normalized spacial score (nSPS) is 19.7. The Kier molecular flexibility index (Phi) is 3.98. The van der Waals surface area contributed by atoms with Gasteiger partial charge in [-0.1, -0.05) is 24.6 Å². The number of pyridine rings is 1. The lowest BCUT2D eigenvalue weighted by Crippen LogP contribution is -2.56. The Bertz CT molecular complexity index is 733. The van der Waals surface area contributed by atoms with Gasteiger partial charge >= 0.3 is 6.18 Å². The summed E-state index contributed by atoms with van der Waals surface area (Å²) < 4.78 is 42.7. The van der Waals surface area contributed by atoms with Crippen LogP contribution in [0.1, 0.15) is 24.5 Å². The number of hydrogen-bond acceptors (Lipinski definition) is 3. The van der Waals surface area contributed by atoms with E-state index in [2.05, 4.69) is 15.6 Å². The third-order valence-electron chi connectivity index (χ3n) is 3.92. The van der Waals surface area contributed by atoms with Gasteiger partial charge in [0.05, 0.1) is 0 Å². The van der Waals surface area contributed by atoms with Crippen molar-refractivity contribution in [2.75, 3.05) is 11.9 Å². The first-order valence-electron chi connectivity index (χ1n) is 7.24. The highest BCUT2D eigenvalue weighted by molar-refractivity contribution is 6.30. The van der Waals surface area contributed by atoms with Gasteiger partial charge in [0, 0.05) is 28.0 Å². The lowest BCUT2D eigenvalue weighted by Gasteiger charge is -2.42. The van der Waals surface area contributed by atoms with Crippen LogP contribution in [0.2, 0.25) is 5.02 Å². The number of halogens is 4. The van der Waals surface area contributed by atoms with E-state index in [-0.39, 0.29) is 28.5 Å². The Morgan fingerprint density at radius 3 is 2.74 bits per heavy atom. The number of alkyl halides is 3. The van der Waals surface area contributed by atoms with E-state index in [1.54, 1.807) is 12.1 Å². The molecule has 122 valence electrons. The van der Waals surface area contributed by atoms with E-state index in [1.165, 1.54) is 24.4 Å². The molecule has 0 aliphatic carbocycles. The number of benzene rings is 1. The van der Waals surface area contributed by atoms with Gasteiger partial charge < -0.3 is 5.32 Å². The Labute approximate surface area is 136 Å². The second-order valence-electron chi connectivity index (χ2n) is 5.39. The van der Waals surface area contributed by atoms with Crippen LogP contribution in [0.5, 0.6) is 0 Å². The molecule has 2 N–H and O–H groups in total. The summed E-state index contributed by atoms with van der Waals surface area (Å²) in [6.07, 6.45) is -2.52. The summed E-state index contributed by atoms with van der Waals surface area (Å²) in [5.41, 5.74) is -1.87. The number of nitrogens with zero attached hydrogens (tertiary/aromatic N) is 1. The van der Waals surface area contributed by atoms with Gasteiger partial charge in [-0.15, -0.1) is 0 Å². The Balaban J connectivity index is 2.33. The number of fused-ring (bicyclic) bond motifs is 2. The maximum absolute atomic E-state index is 14.2. The summed E-state index contributed by atoms with van der Waals surface area (Å²) in [5.74, 6) is 0.197. The van der Waals surface area contributed by atoms with Crippen molar-refractivity contribution in [3.8, 4) is 0 Å². The minimum Gasteiger partial charge on any atom is -0.340 e. The number of aromatic nitrogens is 1. The highest BCUT2D eigenvalue weighted by Crippen LogP contribution is 2.52. The average Bonchev–Trinajstić information content (AvgIpc) is 2.50. The van der Waals surface area contributed by atoms with E-state index in [0.717, 1.165) is 0 Å². The van der Waals surface area contributed by atoms with Gasteiger partial charge in [-0.25, -0.2) is 4.98 Å². The number of hydrogen-bond donors (Lipinski definition) is 2. The second-order valence-corrected chi connectivity index (χ2v) is 5.83. The predicted molar refractivity (Wildman–Crippen MR) is 84.1 cm³/mol. The molecule has 1 aromatic carbocycles. The van der Waals surface area contributed by atoms with Crippen LogP contribution < -0.4 is 10.6 Å². The van der Waals surface area contributed by atoms with Gasteiger partial charge in [0.25, 0.3) is 0 Å². The summed E-state index contributed by atoms with van der Waals surface area (Å²) in [7, 11) is 0. The predicted octanol–water partition coefficient (Wildman–Crippen LogP) is 4.60. The largest absolute Gasteiger partial charge is 0.415 e. The number of nitrogens with one attached hydrogen (secondary N) is 2. The molecule has 2 aromatic rings. The molecular weight excluding hydrogens is 327 g/mol. The highest BCUT2D eigenvalue weighted by Gasteiger charge is 2.60. The lowest BCUT2D eigenvalue weighted by molar-refractivity contribution is -0.187. The zero-order chi connectivity index (χ0) is 16.7. The minimum absolute atomic E-state index is 0.0516. The molecule has 1 atom stereocenters. The van der Waals surface area contributed by atoms with Gasteiger partial charge in [0.15, 0.2) is 5.54 Å². The Hall–Kier alpha value is -1.79. The van der Waals surface area contributed by atoms with E-state index < -0.39 is 11.7 Å². The van der Waals surface area contributed by atoms with Crippen molar-refractivity contribution >= 4 is 23.1 Å². The highest BCUT2D eigenvalue weighted by atomic mass is 35.5. The van der Waals surface area contributed by atoms with Crippen LogP contribution in [0.25, 0.3) is 0 Å². The standard InChI is InChI=1S/C16H15ClF3N3/c1-2-7-22-15(16(18,19)20)11-4-3-8-21-14(11)23-13-6-5-10(17)9-12(13)15/h3-6,8-9,22H,2,7H2,1H3,(H,21,23). The van der Waals surface area contributed by atoms with Crippen LogP contribution in [-0.2, 0) is 5.54 Å². The Morgan fingerprint density at radius 2 is 2.04 bits per heavy atom. The van der Waals surface area contributed by atoms with E-state index in [0.29, 0.717) is 12.1 Å². The topological polar surface area (TPSA) is 37.0 Å². The van der Waals surface area contributed by atoms with Gasteiger partial charge in [0.2, 0.25) is 0 Å². The van der Waals surface area contributed by atoms with Crippen LogP contribution in [0.4, 0.5) is 24.7 Å². The van der Waals surface area contributed by atoms with E-state index >= 15 is 0 Å². The fraction of sp³-hybridized carbons (Fsp3) is 0.312. The van der Waals surface area contributed by atoms with Crippen molar-refractivity contribution in [3.63, 3.8) is 0 Å². The summed E-state index contributed by atoms with van der Waals surface area (Å²) >= 11 is 5.98. The fourth-order valence-corrected chi connectivity index (χ4v) is 3.10. The van der Waals surface area contributed by atoms with Crippen molar-refractivity contribution in [3.05, 3.63) is 52.7 Å². The molecule has 0 spiro atoms. The molecule has 0 saturated carbocycles. The average molecular weight is 342 g/mol. The van der Waals surface area contributed by atoms with Gasteiger partial charge in [-0.05, 0) is 37.2 Å². The molecule has 1 aliphatic heterocycles. The van der Waals surface area contributed by atoms with Crippen LogP contribution in [0.3, 0.4) is 0 Å². The summed E-state index contributed by atoms with van der Waals surface area (Å²) in [5, 5.41) is 5.92. The van der Waals surface area contributed by atoms with Crippen molar-refractivity contribution in [1.29, 1.82) is 0 Å². The molecule has 1 unspecified atom stereocenters. The molecule has 0 radical (unpaired) electrons. The molecule has 0 fully saturated rings.